The molecular weight excluding hydrogens is 360 g/mol. The SMILES string of the molecule is CC[C@@]12O[C@@H](n3cc(C)c(=O)[nH]c3=O)[C@@H](OC13CC3)C2OCc1ccccc1. The van der Waals surface area contributed by atoms with Crippen LogP contribution in [0, 0.1) is 6.92 Å². The molecule has 3 aliphatic rings. The number of H-pyrrole nitrogens is 1. The molecule has 1 aromatic carbocycles. The largest absolute Gasteiger partial charge is 0.368 e. The smallest absolute Gasteiger partial charge is 0.330 e. The van der Waals surface area contributed by atoms with E-state index in [0.29, 0.717) is 12.2 Å². The standard InChI is InChI=1S/C21H24N2O5/c1-3-21-16(26-12-14-7-5-4-6-8-14)15(27-20(21)9-10-20)18(28-21)23-11-13(2)17(24)22-19(23)25/h4-8,11,15-16,18H,3,9-10,12H2,1-2H3,(H,22,24,25)/t15-,16?,18+,21-/m0/s1. The maximum absolute atomic E-state index is 12.4. The molecule has 2 bridgehead atoms. The molecule has 148 valence electrons. The predicted octanol–water partition coefficient (Wildman–Crippen LogP) is 2.04. The van der Waals surface area contributed by atoms with Gasteiger partial charge in [-0.25, -0.2) is 4.79 Å². The van der Waals surface area contributed by atoms with Gasteiger partial charge in [0.15, 0.2) is 6.23 Å². The van der Waals surface area contributed by atoms with Gasteiger partial charge < -0.3 is 14.2 Å². The molecule has 1 aliphatic carbocycles. The highest BCUT2D eigenvalue weighted by Crippen LogP contribution is 2.66. The first-order valence-electron chi connectivity index (χ1n) is 9.83. The number of nitrogens with zero attached hydrogens (tertiary/aromatic N) is 1. The van der Waals surface area contributed by atoms with Crippen molar-refractivity contribution in [2.24, 2.45) is 0 Å². The molecular formula is C21H24N2O5. The molecule has 0 amide bonds. The van der Waals surface area contributed by atoms with E-state index in [-0.39, 0.29) is 17.3 Å². The second kappa shape index (κ2) is 6.14. The van der Waals surface area contributed by atoms with Gasteiger partial charge in [-0.15, -0.1) is 0 Å². The van der Waals surface area contributed by atoms with Crippen LogP contribution >= 0.6 is 0 Å². The lowest BCUT2D eigenvalue weighted by Gasteiger charge is -2.38. The van der Waals surface area contributed by atoms with Crippen LogP contribution in [0.4, 0.5) is 0 Å². The van der Waals surface area contributed by atoms with Crippen molar-refractivity contribution in [1.82, 2.24) is 9.55 Å². The van der Waals surface area contributed by atoms with Crippen LogP contribution in [-0.2, 0) is 20.8 Å². The molecule has 1 aromatic heterocycles. The monoisotopic (exact) mass is 384 g/mol. The van der Waals surface area contributed by atoms with Crippen molar-refractivity contribution in [1.29, 1.82) is 0 Å². The maximum atomic E-state index is 12.4. The van der Waals surface area contributed by atoms with Gasteiger partial charge in [0.25, 0.3) is 5.56 Å². The number of aromatic amines is 1. The van der Waals surface area contributed by atoms with Crippen LogP contribution in [-0.4, -0.2) is 33.0 Å². The summed E-state index contributed by atoms with van der Waals surface area (Å²) in [5, 5.41) is 0. The van der Waals surface area contributed by atoms with Crippen LogP contribution in [0.15, 0.2) is 46.1 Å². The lowest BCUT2D eigenvalue weighted by atomic mass is 9.87. The Labute approximate surface area is 162 Å². The van der Waals surface area contributed by atoms with Crippen molar-refractivity contribution in [2.45, 2.75) is 69.4 Å². The maximum Gasteiger partial charge on any atom is 0.330 e. The summed E-state index contributed by atoms with van der Waals surface area (Å²) in [4.78, 5) is 26.6. The predicted molar refractivity (Wildman–Crippen MR) is 101 cm³/mol. The van der Waals surface area contributed by atoms with Gasteiger partial charge in [0, 0.05) is 11.8 Å². The van der Waals surface area contributed by atoms with Crippen LogP contribution in [0.5, 0.6) is 0 Å². The molecule has 4 atom stereocenters. The third kappa shape index (κ3) is 2.40. The Morgan fingerprint density at radius 1 is 1.21 bits per heavy atom. The van der Waals surface area contributed by atoms with Crippen molar-refractivity contribution < 1.29 is 14.2 Å². The van der Waals surface area contributed by atoms with Gasteiger partial charge in [0.05, 0.1) is 6.61 Å². The molecule has 3 fully saturated rings. The Kier molecular flexibility index (Phi) is 3.91. The number of fused-ring (bicyclic) bond motifs is 3. The minimum absolute atomic E-state index is 0.274. The molecule has 1 spiro atoms. The summed E-state index contributed by atoms with van der Waals surface area (Å²) >= 11 is 0. The van der Waals surface area contributed by atoms with Crippen LogP contribution in [0.25, 0.3) is 0 Å². The fourth-order valence-corrected chi connectivity index (χ4v) is 4.85. The number of aromatic nitrogens is 2. The van der Waals surface area contributed by atoms with Gasteiger partial charge in [-0.05, 0) is 31.7 Å². The van der Waals surface area contributed by atoms with E-state index in [0.717, 1.165) is 24.8 Å². The highest BCUT2D eigenvalue weighted by atomic mass is 16.7. The Hall–Kier alpha value is -2.22. The summed E-state index contributed by atoms with van der Waals surface area (Å²) in [5.41, 5.74) is -0.232. The molecule has 1 unspecified atom stereocenters. The highest BCUT2D eigenvalue weighted by molar-refractivity contribution is 5.26. The van der Waals surface area contributed by atoms with Gasteiger partial charge >= 0.3 is 5.69 Å². The molecule has 1 N–H and O–H groups in total. The summed E-state index contributed by atoms with van der Waals surface area (Å²) in [6, 6.07) is 9.99. The lowest BCUT2D eigenvalue weighted by molar-refractivity contribution is -0.226. The number of nitrogens with one attached hydrogen (secondary N) is 1. The summed E-state index contributed by atoms with van der Waals surface area (Å²) in [6.45, 7) is 4.21. The molecule has 1 saturated carbocycles. The molecule has 5 rings (SSSR count). The number of benzene rings is 1. The second-order valence-electron chi connectivity index (χ2n) is 8.02. The lowest BCUT2D eigenvalue weighted by Crippen LogP contribution is -2.50. The highest BCUT2D eigenvalue weighted by Gasteiger charge is 2.78. The van der Waals surface area contributed by atoms with E-state index in [1.165, 1.54) is 4.57 Å². The third-order valence-electron chi connectivity index (χ3n) is 6.42. The molecule has 2 saturated heterocycles. The minimum Gasteiger partial charge on any atom is -0.368 e. The van der Waals surface area contributed by atoms with Gasteiger partial charge in [-0.2, -0.15) is 0 Å². The molecule has 0 radical (unpaired) electrons. The Morgan fingerprint density at radius 2 is 1.96 bits per heavy atom. The first-order valence-corrected chi connectivity index (χ1v) is 9.83. The van der Waals surface area contributed by atoms with E-state index < -0.39 is 23.6 Å². The zero-order chi connectivity index (χ0) is 19.5. The number of aryl methyl sites for hydroxylation is 1. The van der Waals surface area contributed by atoms with Crippen molar-refractivity contribution in [3.63, 3.8) is 0 Å². The quantitative estimate of drug-likeness (QED) is 0.853. The van der Waals surface area contributed by atoms with Crippen LogP contribution in [0.3, 0.4) is 0 Å². The zero-order valence-corrected chi connectivity index (χ0v) is 16.0. The molecule has 2 aliphatic heterocycles. The fraction of sp³-hybridized carbons (Fsp3) is 0.524. The number of hydrogen-bond acceptors (Lipinski definition) is 5. The van der Waals surface area contributed by atoms with Crippen LogP contribution in [0.1, 0.15) is 43.5 Å². The number of hydrogen-bond donors (Lipinski definition) is 1. The minimum atomic E-state index is -0.616. The normalized spacial score (nSPS) is 32.1. The van der Waals surface area contributed by atoms with Crippen molar-refractivity contribution in [3.05, 3.63) is 68.5 Å². The van der Waals surface area contributed by atoms with E-state index in [9.17, 15) is 9.59 Å². The number of ether oxygens (including phenoxy) is 3. The van der Waals surface area contributed by atoms with Crippen molar-refractivity contribution in [3.8, 4) is 0 Å². The van der Waals surface area contributed by atoms with Gasteiger partial charge in [0.2, 0.25) is 0 Å². The van der Waals surface area contributed by atoms with Gasteiger partial charge in [0.1, 0.15) is 23.4 Å². The van der Waals surface area contributed by atoms with Gasteiger partial charge in [-0.1, -0.05) is 37.3 Å². The molecule has 28 heavy (non-hydrogen) atoms. The first-order chi connectivity index (χ1) is 13.5. The van der Waals surface area contributed by atoms with E-state index in [1.54, 1.807) is 13.1 Å². The van der Waals surface area contributed by atoms with E-state index in [4.69, 9.17) is 14.2 Å². The number of rotatable bonds is 5. The third-order valence-corrected chi connectivity index (χ3v) is 6.42. The van der Waals surface area contributed by atoms with E-state index in [2.05, 4.69) is 11.9 Å². The summed E-state index contributed by atoms with van der Waals surface area (Å²) in [6.07, 6.45) is 2.88. The molecule has 7 heteroatoms. The first kappa shape index (κ1) is 17.8. The summed E-state index contributed by atoms with van der Waals surface area (Å²) in [7, 11) is 0. The van der Waals surface area contributed by atoms with Crippen molar-refractivity contribution >= 4 is 0 Å². The Bertz CT molecular complexity index is 1010. The second-order valence-corrected chi connectivity index (χ2v) is 8.02. The fourth-order valence-electron chi connectivity index (χ4n) is 4.85. The van der Waals surface area contributed by atoms with E-state index >= 15 is 0 Å². The zero-order valence-electron chi connectivity index (χ0n) is 16.0. The van der Waals surface area contributed by atoms with E-state index in [1.807, 2.05) is 30.3 Å². The van der Waals surface area contributed by atoms with Crippen LogP contribution < -0.4 is 11.2 Å². The average molecular weight is 384 g/mol. The molecule has 3 heterocycles. The molecule has 2 aromatic rings. The Morgan fingerprint density at radius 3 is 2.64 bits per heavy atom. The summed E-state index contributed by atoms with van der Waals surface area (Å²) < 4.78 is 20.8. The molecule has 7 nitrogen and oxygen atoms in total. The van der Waals surface area contributed by atoms with Crippen molar-refractivity contribution in [2.75, 3.05) is 0 Å². The Balaban J connectivity index is 1.50. The van der Waals surface area contributed by atoms with Gasteiger partial charge in [-0.3, -0.25) is 14.3 Å². The average Bonchev–Trinajstić information content (AvgIpc) is 3.33. The topological polar surface area (TPSA) is 82.6 Å². The van der Waals surface area contributed by atoms with Crippen LogP contribution in [0.2, 0.25) is 0 Å². The summed E-state index contributed by atoms with van der Waals surface area (Å²) in [5.74, 6) is 0.